The predicted molar refractivity (Wildman–Crippen MR) is 122 cm³/mol. The van der Waals surface area contributed by atoms with E-state index in [1.54, 1.807) is 0 Å². The van der Waals surface area contributed by atoms with Crippen LogP contribution in [0.15, 0.2) is 33.7 Å². The molecule has 0 unspecified atom stereocenters. The molecule has 1 aliphatic heterocycles. The van der Waals surface area contributed by atoms with E-state index in [1.807, 2.05) is 0 Å². The Balaban J connectivity index is 0.00000312. The summed E-state index contributed by atoms with van der Waals surface area (Å²) < 4.78 is 1.14. The fourth-order valence-electron chi connectivity index (χ4n) is 2.87. The van der Waals surface area contributed by atoms with Crippen molar-refractivity contribution in [2.75, 3.05) is 26.2 Å². The van der Waals surface area contributed by atoms with E-state index in [0.717, 1.165) is 43.2 Å². The van der Waals surface area contributed by atoms with E-state index >= 15 is 0 Å². The van der Waals surface area contributed by atoms with Gasteiger partial charge in [-0.3, -0.25) is 9.89 Å². The Labute approximate surface area is 178 Å². The fraction of sp³-hybridized carbons (Fsp3) is 0.632. The third kappa shape index (κ3) is 8.73. The second-order valence-corrected chi connectivity index (χ2v) is 7.85. The lowest BCUT2D eigenvalue weighted by atomic mass is 10.0. The van der Waals surface area contributed by atoms with Gasteiger partial charge in [0.15, 0.2) is 5.96 Å². The number of rotatable bonds is 6. The fourth-order valence-corrected chi connectivity index (χ4v) is 3.13. The summed E-state index contributed by atoms with van der Waals surface area (Å²) >= 11 is 3.50. The Morgan fingerprint density at radius 3 is 2.44 bits per heavy atom. The van der Waals surface area contributed by atoms with Gasteiger partial charge in [-0.15, -0.1) is 24.0 Å². The molecule has 0 saturated carbocycles. The maximum atomic E-state index is 4.68. The van der Waals surface area contributed by atoms with Crippen molar-refractivity contribution >= 4 is 45.9 Å². The quantitative estimate of drug-likeness (QED) is 0.333. The van der Waals surface area contributed by atoms with Crippen LogP contribution in [-0.4, -0.2) is 43.1 Å². The van der Waals surface area contributed by atoms with Crippen LogP contribution in [0.5, 0.6) is 0 Å². The summed E-state index contributed by atoms with van der Waals surface area (Å²) in [7, 11) is 0. The second kappa shape index (κ2) is 12.1. The molecule has 0 aliphatic carbocycles. The van der Waals surface area contributed by atoms with Crippen molar-refractivity contribution in [1.82, 2.24) is 15.5 Å². The average molecular weight is 523 g/mol. The molecular weight excluding hydrogens is 491 g/mol. The van der Waals surface area contributed by atoms with Gasteiger partial charge in [-0.2, -0.15) is 0 Å². The number of halogens is 2. The summed E-state index contributed by atoms with van der Waals surface area (Å²) in [4.78, 5) is 7.22. The first-order valence-electron chi connectivity index (χ1n) is 9.08. The van der Waals surface area contributed by atoms with Gasteiger partial charge >= 0.3 is 0 Å². The second-order valence-electron chi connectivity index (χ2n) is 6.93. The molecule has 0 atom stereocenters. The van der Waals surface area contributed by atoms with Gasteiger partial charge in [0.2, 0.25) is 0 Å². The van der Waals surface area contributed by atoms with E-state index < -0.39 is 0 Å². The van der Waals surface area contributed by atoms with Crippen molar-refractivity contribution in [3.63, 3.8) is 0 Å². The zero-order valence-electron chi connectivity index (χ0n) is 15.6. The van der Waals surface area contributed by atoms with Gasteiger partial charge in [0.25, 0.3) is 0 Å². The molecule has 142 valence electrons. The highest BCUT2D eigenvalue weighted by Crippen LogP contribution is 2.16. The smallest absolute Gasteiger partial charge is 0.191 e. The number of piperidine rings is 1. The monoisotopic (exact) mass is 522 g/mol. The largest absolute Gasteiger partial charge is 0.357 e. The van der Waals surface area contributed by atoms with Crippen molar-refractivity contribution in [3.05, 3.63) is 34.3 Å². The van der Waals surface area contributed by atoms with Gasteiger partial charge in [-0.25, -0.2) is 0 Å². The third-order valence-corrected chi connectivity index (χ3v) is 4.74. The number of hydrogen-bond acceptors (Lipinski definition) is 2. The number of hydrogen-bond donors (Lipinski definition) is 2. The molecule has 6 heteroatoms. The highest BCUT2D eigenvalue weighted by molar-refractivity contribution is 14.0. The molecule has 1 fully saturated rings. The molecule has 1 aromatic rings. The molecule has 4 nitrogen and oxygen atoms in total. The molecule has 0 radical (unpaired) electrons. The predicted octanol–water partition coefficient (Wildman–Crippen LogP) is 4.24. The van der Waals surface area contributed by atoms with Gasteiger partial charge < -0.3 is 10.6 Å². The Morgan fingerprint density at radius 2 is 1.88 bits per heavy atom. The van der Waals surface area contributed by atoms with Crippen molar-refractivity contribution in [2.24, 2.45) is 10.9 Å². The standard InChI is InChI=1S/C19H31BrN4.HI/c1-4-21-19(22-13-15(2)3)23-18-9-11-24(12-10-18)14-16-5-7-17(20)8-6-16;/h5-8,15,18H,4,9-14H2,1-3H3,(H2,21,22,23);1H. The molecule has 2 N–H and O–H groups in total. The van der Waals surface area contributed by atoms with Crippen molar-refractivity contribution in [3.8, 4) is 0 Å². The topological polar surface area (TPSA) is 39.7 Å². The summed E-state index contributed by atoms with van der Waals surface area (Å²) in [5, 5.41) is 6.97. The molecule has 1 aliphatic rings. The first kappa shape index (κ1) is 22.7. The highest BCUT2D eigenvalue weighted by atomic mass is 127. The van der Waals surface area contributed by atoms with Crippen LogP contribution in [0.4, 0.5) is 0 Å². The van der Waals surface area contributed by atoms with Gasteiger partial charge in [-0.1, -0.05) is 41.9 Å². The van der Waals surface area contributed by atoms with E-state index in [9.17, 15) is 0 Å². The molecule has 0 bridgehead atoms. The molecule has 0 aromatic heterocycles. The lowest BCUT2D eigenvalue weighted by Gasteiger charge is -2.33. The number of guanidine groups is 1. The Bertz CT molecular complexity index is 511. The Morgan fingerprint density at radius 1 is 1.24 bits per heavy atom. The normalized spacial score (nSPS) is 16.6. The first-order valence-corrected chi connectivity index (χ1v) is 9.87. The summed E-state index contributed by atoms with van der Waals surface area (Å²) in [6.07, 6.45) is 2.34. The first-order chi connectivity index (χ1) is 11.6. The molecule has 0 spiro atoms. The molecule has 0 amide bonds. The summed E-state index contributed by atoms with van der Waals surface area (Å²) in [6.45, 7) is 11.6. The van der Waals surface area contributed by atoms with Crippen molar-refractivity contribution in [2.45, 2.75) is 46.2 Å². The van der Waals surface area contributed by atoms with Crippen LogP contribution in [0.3, 0.4) is 0 Å². The van der Waals surface area contributed by atoms with E-state index in [1.165, 1.54) is 18.4 Å². The minimum atomic E-state index is 0. The van der Waals surface area contributed by atoms with Crippen LogP contribution in [0.25, 0.3) is 0 Å². The lowest BCUT2D eigenvalue weighted by molar-refractivity contribution is 0.198. The van der Waals surface area contributed by atoms with Crippen LogP contribution in [0.2, 0.25) is 0 Å². The maximum Gasteiger partial charge on any atom is 0.191 e. The molecular formula is C19H32BrIN4. The number of likely N-dealkylation sites (tertiary alicyclic amines) is 1. The van der Waals surface area contributed by atoms with E-state index in [4.69, 9.17) is 0 Å². The lowest BCUT2D eigenvalue weighted by Crippen LogP contribution is -2.48. The minimum absolute atomic E-state index is 0. The van der Waals surface area contributed by atoms with E-state index in [-0.39, 0.29) is 24.0 Å². The summed E-state index contributed by atoms with van der Waals surface area (Å²) in [6, 6.07) is 9.18. The molecule has 1 saturated heterocycles. The summed E-state index contributed by atoms with van der Waals surface area (Å²) in [5.74, 6) is 1.56. The number of aliphatic imine (C=N–C) groups is 1. The van der Waals surface area contributed by atoms with Gasteiger partial charge in [-0.05, 0) is 43.4 Å². The van der Waals surface area contributed by atoms with Crippen LogP contribution in [0, 0.1) is 5.92 Å². The van der Waals surface area contributed by atoms with Crippen molar-refractivity contribution in [1.29, 1.82) is 0 Å². The summed E-state index contributed by atoms with van der Waals surface area (Å²) in [5.41, 5.74) is 1.39. The minimum Gasteiger partial charge on any atom is -0.357 e. The SMILES string of the molecule is CCNC(=NCC(C)C)NC1CCN(Cc2ccc(Br)cc2)CC1.I. The zero-order chi connectivity index (χ0) is 17.4. The Kier molecular flexibility index (Phi) is 11.0. The molecule has 1 aromatic carbocycles. The third-order valence-electron chi connectivity index (χ3n) is 4.21. The van der Waals surface area contributed by atoms with Crippen molar-refractivity contribution < 1.29 is 0 Å². The molecule has 1 heterocycles. The van der Waals surface area contributed by atoms with Crippen LogP contribution in [-0.2, 0) is 6.54 Å². The van der Waals surface area contributed by atoms with Crippen LogP contribution >= 0.6 is 39.9 Å². The number of benzene rings is 1. The van der Waals surface area contributed by atoms with Gasteiger partial charge in [0.1, 0.15) is 0 Å². The van der Waals surface area contributed by atoms with Gasteiger partial charge in [0.05, 0.1) is 0 Å². The van der Waals surface area contributed by atoms with Crippen LogP contribution in [0.1, 0.15) is 39.2 Å². The van der Waals surface area contributed by atoms with E-state index in [0.29, 0.717) is 12.0 Å². The molecule has 25 heavy (non-hydrogen) atoms. The maximum absolute atomic E-state index is 4.68. The van der Waals surface area contributed by atoms with Crippen LogP contribution < -0.4 is 10.6 Å². The molecule has 2 rings (SSSR count). The number of nitrogens with one attached hydrogen (secondary N) is 2. The highest BCUT2D eigenvalue weighted by Gasteiger charge is 2.20. The Hall–Kier alpha value is -0.340. The average Bonchev–Trinajstić information content (AvgIpc) is 2.56. The zero-order valence-corrected chi connectivity index (χ0v) is 19.5. The van der Waals surface area contributed by atoms with Gasteiger partial charge in [0, 0.05) is 43.2 Å². The van der Waals surface area contributed by atoms with E-state index in [2.05, 4.69) is 81.5 Å². The number of nitrogens with zero attached hydrogens (tertiary/aromatic N) is 2.